The van der Waals surface area contributed by atoms with Gasteiger partial charge in [-0.3, -0.25) is 0 Å². The summed E-state index contributed by atoms with van der Waals surface area (Å²) in [4.78, 5) is 3.89. The van der Waals surface area contributed by atoms with E-state index >= 15 is 0 Å². The maximum Gasteiger partial charge on any atom is 0.401 e. The standard InChI is InChI=1S/C7H10F3N3OS/c1-15-3-5-12-6(14-13-5)2-11-4-7(8,9)10/h11H,2-4H2,1H3. The average molecular weight is 241 g/mol. The van der Waals surface area contributed by atoms with E-state index in [9.17, 15) is 13.2 Å². The van der Waals surface area contributed by atoms with Crippen LogP contribution in [0.3, 0.4) is 0 Å². The molecule has 0 amide bonds. The Morgan fingerprint density at radius 2 is 2.20 bits per heavy atom. The van der Waals surface area contributed by atoms with E-state index in [0.29, 0.717) is 11.6 Å². The lowest BCUT2D eigenvalue weighted by atomic mass is 10.5. The van der Waals surface area contributed by atoms with Crippen LogP contribution in [0.5, 0.6) is 0 Å². The summed E-state index contributed by atoms with van der Waals surface area (Å²) >= 11 is 1.51. The summed E-state index contributed by atoms with van der Waals surface area (Å²) in [5.41, 5.74) is 0. The van der Waals surface area contributed by atoms with Gasteiger partial charge in [0.1, 0.15) is 0 Å². The van der Waals surface area contributed by atoms with Crippen molar-refractivity contribution in [3.63, 3.8) is 0 Å². The van der Waals surface area contributed by atoms with Gasteiger partial charge in [-0.15, -0.1) is 0 Å². The maximum absolute atomic E-state index is 11.8. The molecule has 0 fully saturated rings. The van der Waals surface area contributed by atoms with Gasteiger partial charge in [-0.2, -0.15) is 29.9 Å². The minimum absolute atomic E-state index is 0.0686. The van der Waals surface area contributed by atoms with Crippen molar-refractivity contribution in [2.75, 3.05) is 12.8 Å². The highest BCUT2D eigenvalue weighted by Crippen LogP contribution is 2.12. The third-order valence-corrected chi connectivity index (χ3v) is 1.93. The van der Waals surface area contributed by atoms with Gasteiger partial charge in [0.05, 0.1) is 18.8 Å². The van der Waals surface area contributed by atoms with E-state index in [1.54, 1.807) is 0 Å². The molecule has 8 heteroatoms. The minimum Gasteiger partial charge on any atom is -0.338 e. The van der Waals surface area contributed by atoms with E-state index in [0.717, 1.165) is 0 Å². The normalized spacial score (nSPS) is 12.0. The number of alkyl halides is 3. The number of nitrogens with zero attached hydrogens (tertiary/aromatic N) is 2. The summed E-state index contributed by atoms with van der Waals surface area (Å²) in [6.07, 6.45) is -2.35. The fourth-order valence-corrected chi connectivity index (χ4v) is 1.24. The van der Waals surface area contributed by atoms with Crippen molar-refractivity contribution < 1.29 is 17.7 Å². The number of rotatable bonds is 5. The molecule has 86 valence electrons. The van der Waals surface area contributed by atoms with Crippen LogP contribution in [0.1, 0.15) is 11.7 Å². The van der Waals surface area contributed by atoms with Gasteiger partial charge in [-0.05, 0) is 6.26 Å². The van der Waals surface area contributed by atoms with Gasteiger partial charge in [0.15, 0.2) is 5.82 Å². The van der Waals surface area contributed by atoms with Crippen LogP contribution in [0, 0.1) is 0 Å². The molecule has 1 rings (SSSR count). The van der Waals surface area contributed by atoms with Crippen LogP contribution in [-0.4, -0.2) is 29.1 Å². The molecule has 0 atom stereocenters. The molecule has 0 bridgehead atoms. The van der Waals surface area contributed by atoms with E-state index in [4.69, 9.17) is 4.52 Å². The maximum atomic E-state index is 11.8. The number of nitrogens with one attached hydrogen (secondary N) is 1. The average Bonchev–Trinajstić information content (AvgIpc) is 2.51. The largest absolute Gasteiger partial charge is 0.401 e. The molecule has 1 aromatic heterocycles. The zero-order chi connectivity index (χ0) is 11.3. The highest BCUT2D eigenvalue weighted by atomic mass is 32.2. The van der Waals surface area contributed by atoms with Crippen LogP contribution < -0.4 is 5.32 Å². The zero-order valence-corrected chi connectivity index (χ0v) is 8.78. The molecular formula is C7H10F3N3OS. The Hall–Kier alpha value is -0.760. The topological polar surface area (TPSA) is 51.0 Å². The molecule has 1 N–H and O–H groups in total. The summed E-state index contributed by atoms with van der Waals surface area (Å²) in [6.45, 7) is -1.13. The van der Waals surface area contributed by atoms with Gasteiger partial charge in [0.2, 0.25) is 5.89 Å². The van der Waals surface area contributed by atoms with Crippen LogP contribution >= 0.6 is 11.8 Å². The number of aromatic nitrogens is 2. The second-order valence-corrected chi connectivity index (χ2v) is 3.62. The Kier molecular flexibility index (Phi) is 4.40. The Balaban J connectivity index is 2.31. The van der Waals surface area contributed by atoms with Gasteiger partial charge in [0, 0.05) is 0 Å². The van der Waals surface area contributed by atoms with Crippen molar-refractivity contribution >= 4 is 11.8 Å². The second-order valence-electron chi connectivity index (χ2n) is 2.76. The quantitative estimate of drug-likeness (QED) is 0.848. The van der Waals surface area contributed by atoms with Crippen molar-refractivity contribution in [2.24, 2.45) is 0 Å². The monoisotopic (exact) mass is 241 g/mol. The molecule has 4 nitrogen and oxygen atoms in total. The van der Waals surface area contributed by atoms with E-state index in [2.05, 4.69) is 15.5 Å². The first-order valence-electron chi connectivity index (χ1n) is 4.09. The highest BCUT2D eigenvalue weighted by molar-refractivity contribution is 7.97. The van der Waals surface area contributed by atoms with Crippen molar-refractivity contribution in [3.8, 4) is 0 Å². The van der Waals surface area contributed by atoms with Crippen molar-refractivity contribution in [2.45, 2.75) is 18.5 Å². The zero-order valence-electron chi connectivity index (χ0n) is 7.97. The van der Waals surface area contributed by atoms with Crippen molar-refractivity contribution in [1.29, 1.82) is 0 Å². The molecule has 15 heavy (non-hydrogen) atoms. The summed E-state index contributed by atoms with van der Waals surface area (Å²) < 4.78 is 40.0. The lowest BCUT2D eigenvalue weighted by Crippen LogP contribution is -2.28. The molecule has 0 aliphatic carbocycles. The molecular weight excluding hydrogens is 231 g/mol. The molecule has 0 saturated carbocycles. The summed E-state index contributed by atoms with van der Waals surface area (Å²) in [7, 11) is 0. The van der Waals surface area contributed by atoms with Gasteiger partial charge < -0.3 is 9.84 Å². The van der Waals surface area contributed by atoms with E-state index in [1.807, 2.05) is 6.26 Å². The predicted molar refractivity (Wildman–Crippen MR) is 49.3 cm³/mol. The predicted octanol–water partition coefficient (Wildman–Crippen LogP) is 1.58. The summed E-state index contributed by atoms with van der Waals surface area (Å²) in [5, 5.41) is 5.76. The smallest absolute Gasteiger partial charge is 0.338 e. The summed E-state index contributed by atoms with van der Waals surface area (Å²) in [6, 6.07) is 0. The number of thioether (sulfide) groups is 1. The van der Waals surface area contributed by atoms with Crippen LogP contribution in [0.15, 0.2) is 4.52 Å². The van der Waals surface area contributed by atoms with Crippen LogP contribution in [-0.2, 0) is 12.3 Å². The van der Waals surface area contributed by atoms with E-state index < -0.39 is 12.7 Å². The Bertz CT molecular complexity index is 302. The fraction of sp³-hybridized carbons (Fsp3) is 0.714. The summed E-state index contributed by atoms with van der Waals surface area (Å²) in [5.74, 6) is 1.25. The number of halogens is 3. The number of hydrogen-bond acceptors (Lipinski definition) is 5. The lowest BCUT2D eigenvalue weighted by Gasteiger charge is -2.05. The first kappa shape index (κ1) is 12.3. The van der Waals surface area contributed by atoms with E-state index in [-0.39, 0.29) is 12.4 Å². The molecule has 0 aliphatic heterocycles. The van der Waals surface area contributed by atoms with Crippen molar-refractivity contribution in [1.82, 2.24) is 15.5 Å². The second kappa shape index (κ2) is 5.36. The van der Waals surface area contributed by atoms with Crippen LogP contribution in [0.4, 0.5) is 13.2 Å². The first-order valence-corrected chi connectivity index (χ1v) is 5.48. The van der Waals surface area contributed by atoms with Gasteiger partial charge in [-0.25, -0.2) is 0 Å². The Morgan fingerprint density at radius 3 is 2.80 bits per heavy atom. The molecule has 1 heterocycles. The lowest BCUT2D eigenvalue weighted by molar-refractivity contribution is -0.125. The molecule has 0 aromatic carbocycles. The van der Waals surface area contributed by atoms with Crippen LogP contribution in [0.2, 0.25) is 0 Å². The Morgan fingerprint density at radius 1 is 1.47 bits per heavy atom. The fourth-order valence-electron chi connectivity index (χ4n) is 0.861. The third-order valence-electron chi connectivity index (χ3n) is 1.39. The molecule has 0 unspecified atom stereocenters. The molecule has 0 saturated heterocycles. The molecule has 0 spiro atoms. The minimum atomic E-state index is -4.22. The van der Waals surface area contributed by atoms with Crippen molar-refractivity contribution in [3.05, 3.63) is 11.7 Å². The van der Waals surface area contributed by atoms with Gasteiger partial charge in [-0.1, -0.05) is 5.16 Å². The molecule has 1 aromatic rings. The van der Waals surface area contributed by atoms with Gasteiger partial charge >= 0.3 is 6.18 Å². The molecule has 0 radical (unpaired) electrons. The number of hydrogen-bond donors (Lipinski definition) is 1. The highest BCUT2D eigenvalue weighted by Gasteiger charge is 2.26. The van der Waals surface area contributed by atoms with Crippen LogP contribution in [0.25, 0.3) is 0 Å². The van der Waals surface area contributed by atoms with Gasteiger partial charge in [0.25, 0.3) is 0 Å². The van der Waals surface area contributed by atoms with E-state index in [1.165, 1.54) is 11.8 Å². The molecule has 0 aliphatic rings. The Labute approximate surface area is 88.6 Å². The first-order chi connectivity index (χ1) is 7.01. The SMILES string of the molecule is CSCc1noc(CNCC(F)(F)F)n1. The third kappa shape index (κ3) is 5.03.